The molecule has 6 heteroatoms. The van der Waals surface area contributed by atoms with E-state index in [0.29, 0.717) is 0 Å². The van der Waals surface area contributed by atoms with Crippen molar-refractivity contribution >= 4 is 39.5 Å². The van der Waals surface area contributed by atoms with Crippen LogP contribution in [-0.4, -0.2) is 41.5 Å². The number of aliphatic imine (C=N–C) groups is 2. The van der Waals surface area contributed by atoms with Crippen molar-refractivity contribution in [3.8, 4) is 0 Å². The topological polar surface area (TPSA) is 48.8 Å². The van der Waals surface area contributed by atoms with Crippen molar-refractivity contribution in [1.82, 2.24) is 5.32 Å². The highest BCUT2D eigenvalue weighted by Crippen LogP contribution is 2.16. The van der Waals surface area contributed by atoms with Gasteiger partial charge in [-0.1, -0.05) is 35.7 Å². The molecule has 0 aromatic heterocycles. The van der Waals surface area contributed by atoms with Gasteiger partial charge in [0.2, 0.25) is 0 Å². The number of rotatable bonds is 4. The Balaban J connectivity index is 1.45. The fourth-order valence-electron chi connectivity index (χ4n) is 2.04. The van der Waals surface area contributed by atoms with E-state index in [1.807, 2.05) is 11.8 Å². The summed E-state index contributed by atoms with van der Waals surface area (Å²) in [6.07, 6.45) is 1.02. The molecule has 0 bridgehead atoms. The monoisotopic (exact) mass is 306 g/mol. The van der Waals surface area contributed by atoms with Crippen LogP contribution in [0.4, 0.5) is 5.69 Å². The minimum atomic E-state index is 0.929. The summed E-state index contributed by atoms with van der Waals surface area (Å²) in [5.74, 6) is 2.21. The van der Waals surface area contributed by atoms with E-state index in [2.05, 4.69) is 44.9 Å². The highest BCUT2D eigenvalue weighted by Gasteiger charge is 2.07. The van der Waals surface area contributed by atoms with E-state index in [9.17, 15) is 0 Å². The van der Waals surface area contributed by atoms with Gasteiger partial charge in [0.05, 0.1) is 13.1 Å². The number of thioether (sulfide) groups is 2. The highest BCUT2D eigenvalue weighted by molar-refractivity contribution is 8.14. The SMILES string of the molecule is c1cc(NC2=NCCS2)ccc1CCNC1=NCCS1. The summed E-state index contributed by atoms with van der Waals surface area (Å²) in [7, 11) is 0. The quantitative estimate of drug-likeness (QED) is 0.897. The third kappa shape index (κ3) is 3.93. The molecule has 0 spiro atoms. The number of hydrogen-bond acceptors (Lipinski definition) is 6. The second-order valence-corrected chi connectivity index (χ2v) is 6.74. The third-order valence-electron chi connectivity index (χ3n) is 3.07. The van der Waals surface area contributed by atoms with Crippen LogP contribution in [0.5, 0.6) is 0 Å². The van der Waals surface area contributed by atoms with Crippen molar-refractivity contribution in [1.29, 1.82) is 0 Å². The lowest BCUT2D eigenvalue weighted by atomic mass is 10.1. The fraction of sp³-hybridized carbons (Fsp3) is 0.429. The molecular formula is C14H18N4S2. The van der Waals surface area contributed by atoms with Gasteiger partial charge in [-0.2, -0.15) is 0 Å². The van der Waals surface area contributed by atoms with Crippen LogP contribution in [0.2, 0.25) is 0 Å². The Morgan fingerprint density at radius 1 is 0.950 bits per heavy atom. The standard InChI is InChI=1S/C14H18N4S2/c1-3-12(18-14-17-8-10-20-14)4-2-11(1)5-6-15-13-16-7-9-19-13/h1-4H,5-10H2,(H,15,16)(H,17,18). The van der Waals surface area contributed by atoms with Crippen LogP contribution in [0.3, 0.4) is 0 Å². The van der Waals surface area contributed by atoms with Crippen molar-refractivity contribution in [3.63, 3.8) is 0 Å². The normalized spacial score (nSPS) is 17.8. The molecule has 20 heavy (non-hydrogen) atoms. The van der Waals surface area contributed by atoms with Crippen LogP contribution in [-0.2, 0) is 6.42 Å². The average Bonchev–Trinajstić information content (AvgIpc) is 3.14. The molecule has 1 aromatic carbocycles. The summed E-state index contributed by atoms with van der Waals surface area (Å²) < 4.78 is 0. The second-order valence-electron chi connectivity index (χ2n) is 4.57. The van der Waals surface area contributed by atoms with E-state index in [0.717, 1.165) is 53.6 Å². The third-order valence-corrected chi connectivity index (χ3v) is 4.89. The van der Waals surface area contributed by atoms with E-state index in [1.165, 1.54) is 5.56 Å². The highest BCUT2D eigenvalue weighted by atomic mass is 32.2. The van der Waals surface area contributed by atoms with E-state index in [4.69, 9.17) is 0 Å². The first kappa shape index (κ1) is 13.8. The molecule has 2 aliphatic heterocycles. The van der Waals surface area contributed by atoms with Crippen LogP contribution in [0, 0.1) is 0 Å². The molecule has 0 fully saturated rings. The van der Waals surface area contributed by atoms with Crippen molar-refractivity contribution < 1.29 is 0 Å². The zero-order chi connectivity index (χ0) is 13.6. The molecule has 2 aliphatic rings. The Kier molecular flexibility index (Phi) is 4.86. The lowest BCUT2D eigenvalue weighted by Gasteiger charge is -2.08. The molecule has 1 aromatic rings. The minimum Gasteiger partial charge on any atom is -0.365 e. The predicted octanol–water partition coefficient (Wildman–Crippen LogP) is 2.44. The van der Waals surface area contributed by atoms with Gasteiger partial charge in [-0.25, -0.2) is 0 Å². The first-order valence-corrected chi connectivity index (χ1v) is 8.81. The molecule has 0 amide bonds. The fourth-order valence-corrected chi connectivity index (χ4v) is 3.56. The number of anilines is 1. The molecule has 0 radical (unpaired) electrons. The number of benzene rings is 1. The van der Waals surface area contributed by atoms with Crippen molar-refractivity contribution in [3.05, 3.63) is 29.8 Å². The molecule has 2 N–H and O–H groups in total. The molecule has 4 nitrogen and oxygen atoms in total. The van der Waals surface area contributed by atoms with Crippen molar-refractivity contribution in [2.24, 2.45) is 9.98 Å². The van der Waals surface area contributed by atoms with Crippen molar-refractivity contribution in [2.45, 2.75) is 6.42 Å². The van der Waals surface area contributed by atoms with Crippen LogP contribution in [0.15, 0.2) is 34.3 Å². The van der Waals surface area contributed by atoms with Crippen molar-refractivity contribution in [2.75, 3.05) is 36.5 Å². The number of nitrogens with zero attached hydrogens (tertiary/aromatic N) is 2. The molecule has 106 valence electrons. The predicted molar refractivity (Wildman–Crippen MR) is 91.3 cm³/mol. The van der Waals surface area contributed by atoms with Gasteiger partial charge in [0.1, 0.15) is 0 Å². The Morgan fingerprint density at radius 2 is 1.65 bits per heavy atom. The lowest BCUT2D eigenvalue weighted by Crippen LogP contribution is -2.21. The minimum absolute atomic E-state index is 0.929. The van der Waals surface area contributed by atoms with E-state index < -0.39 is 0 Å². The molecule has 0 aliphatic carbocycles. The maximum absolute atomic E-state index is 4.39. The Bertz CT molecular complexity index is 510. The summed E-state index contributed by atoms with van der Waals surface area (Å²) in [6, 6.07) is 8.60. The molecule has 3 rings (SSSR count). The molecule has 0 unspecified atom stereocenters. The molecule has 0 saturated carbocycles. The van der Waals surface area contributed by atoms with Gasteiger partial charge in [0, 0.05) is 23.7 Å². The Morgan fingerprint density at radius 3 is 2.30 bits per heavy atom. The number of hydrogen-bond donors (Lipinski definition) is 2. The van der Waals surface area contributed by atoms with E-state index >= 15 is 0 Å². The second kappa shape index (κ2) is 7.04. The summed E-state index contributed by atoms with van der Waals surface area (Å²) in [4.78, 5) is 8.77. The molecule has 2 heterocycles. The van der Waals surface area contributed by atoms with Gasteiger partial charge < -0.3 is 10.6 Å². The van der Waals surface area contributed by atoms with Gasteiger partial charge in [0.15, 0.2) is 10.3 Å². The first-order chi connectivity index (χ1) is 9.90. The summed E-state index contributed by atoms with van der Waals surface area (Å²) in [5.41, 5.74) is 2.46. The van der Waals surface area contributed by atoms with Crippen LogP contribution in [0.25, 0.3) is 0 Å². The van der Waals surface area contributed by atoms with E-state index in [1.54, 1.807) is 11.8 Å². The zero-order valence-corrected chi connectivity index (χ0v) is 12.9. The molecular weight excluding hydrogens is 288 g/mol. The largest absolute Gasteiger partial charge is 0.365 e. The van der Waals surface area contributed by atoms with Crippen LogP contribution in [0.1, 0.15) is 5.56 Å². The van der Waals surface area contributed by atoms with Crippen LogP contribution >= 0.6 is 23.5 Å². The molecule has 0 atom stereocenters. The smallest absolute Gasteiger partial charge is 0.161 e. The summed E-state index contributed by atoms with van der Waals surface area (Å²) in [5, 5.41) is 8.86. The Labute approximate surface area is 127 Å². The molecule has 0 saturated heterocycles. The lowest BCUT2D eigenvalue weighted by molar-refractivity contribution is 0.872. The van der Waals surface area contributed by atoms with Gasteiger partial charge in [0.25, 0.3) is 0 Å². The van der Waals surface area contributed by atoms with Gasteiger partial charge in [-0.15, -0.1) is 0 Å². The Hall–Kier alpha value is -1.14. The zero-order valence-electron chi connectivity index (χ0n) is 11.3. The maximum atomic E-state index is 4.39. The first-order valence-electron chi connectivity index (χ1n) is 6.84. The number of amidine groups is 2. The summed E-state index contributed by atoms with van der Waals surface area (Å²) in [6.45, 7) is 2.83. The number of nitrogens with one attached hydrogen (secondary N) is 2. The maximum Gasteiger partial charge on any atom is 0.161 e. The average molecular weight is 306 g/mol. The van der Waals surface area contributed by atoms with Gasteiger partial charge >= 0.3 is 0 Å². The van der Waals surface area contributed by atoms with Gasteiger partial charge in [-0.3, -0.25) is 9.98 Å². The van der Waals surface area contributed by atoms with Crippen LogP contribution < -0.4 is 10.6 Å². The summed E-state index contributed by atoms with van der Waals surface area (Å²) >= 11 is 3.59. The van der Waals surface area contributed by atoms with E-state index in [-0.39, 0.29) is 0 Å². The van der Waals surface area contributed by atoms with Gasteiger partial charge in [-0.05, 0) is 24.1 Å².